The highest BCUT2D eigenvalue weighted by Gasteiger charge is 1.95. The molecule has 4 heteroatoms. The minimum Gasteiger partial charge on any atom is -0.356 e. The van der Waals surface area contributed by atoms with Gasteiger partial charge in [0.25, 0.3) is 0 Å². The number of amidine groups is 1. The molecule has 0 aliphatic rings. The summed E-state index contributed by atoms with van der Waals surface area (Å²) in [6.45, 7) is -1.19. The SMILES string of the molecule is [2H]c1cc([2H])c([2H])c(C([2H])C([2H])([2H])NC(=N)NC(C)=N)c1[2H]. The van der Waals surface area contributed by atoms with Crippen LogP contribution in [0.4, 0.5) is 0 Å². The fraction of sp³-hybridized carbons (Fsp3) is 0.273. The van der Waals surface area contributed by atoms with Crippen LogP contribution in [-0.4, -0.2) is 18.3 Å². The van der Waals surface area contributed by atoms with Crippen molar-refractivity contribution in [3.63, 3.8) is 0 Å². The van der Waals surface area contributed by atoms with Crippen molar-refractivity contribution in [2.24, 2.45) is 0 Å². The van der Waals surface area contributed by atoms with E-state index in [0.29, 0.717) is 0 Å². The van der Waals surface area contributed by atoms with Gasteiger partial charge in [-0.05, 0) is 18.9 Å². The van der Waals surface area contributed by atoms with Gasteiger partial charge in [-0.1, -0.05) is 30.2 Å². The molecule has 80 valence electrons. The molecule has 1 aromatic rings. The normalized spacial score (nSPS) is 19.1. The predicted molar refractivity (Wildman–Crippen MR) is 62.4 cm³/mol. The van der Waals surface area contributed by atoms with Gasteiger partial charge in [-0.25, -0.2) is 0 Å². The van der Waals surface area contributed by atoms with E-state index in [1.807, 2.05) is 0 Å². The first-order chi connectivity index (χ1) is 9.97. The number of guanidine groups is 1. The molecule has 0 aliphatic carbocycles. The topological polar surface area (TPSA) is 71.8 Å². The Balaban J connectivity index is 3.17. The molecule has 0 saturated carbocycles. The second-order valence-corrected chi connectivity index (χ2v) is 2.64. The van der Waals surface area contributed by atoms with E-state index in [4.69, 9.17) is 20.4 Å². The molecular weight excluding hydrogens is 188 g/mol. The Morgan fingerprint density at radius 2 is 2.13 bits per heavy atom. The highest BCUT2D eigenvalue weighted by atomic mass is 15.1. The average molecular weight is 211 g/mol. The molecule has 0 radical (unpaired) electrons. The molecule has 1 aromatic carbocycles. The van der Waals surface area contributed by atoms with Crippen molar-refractivity contribution in [2.45, 2.75) is 13.3 Å². The van der Waals surface area contributed by atoms with Crippen LogP contribution < -0.4 is 10.6 Å². The predicted octanol–water partition coefficient (Wildman–Crippen LogP) is 1.34. The van der Waals surface area contributed by atoms with Crippen molar-refractivity contribution in [3.05, 3.63) is 35.8 Å². The Hall–Kier alpha value is -1.84. The summed E-state index contributed by atoms with van der Waals surface area (Å²) in [5.41, 5.74) is -0.394. The number of hydrogen-bond acceptors (Lipinski definition) is 2. The number of rotatable bonds is 3. The molecular formula is C11H16N4. The fourth-order valence-electron chi connectivity index (χ4n) is 0.766. The monoisotopic (exact) mass is 211 g/mol. The Morgan fingerprint density at radius 1 is 1.47 bits per heavy atom. The second-order valence-electron chi connectivity index (χ2n) is 2.64. The quantitative estimate of drug-likeness (QED) is 0.450. The summed E-state index contributed by atoms with van der Waals surface area (Å²) in [6, 6.07) is -0.727. The molecule has 0 aliphatic heterocycles. The van der Waals surface area contributed by atoms with Crippen LogP contribution in [0.3, 0.4) is 0 Å². The van der Waals surface area contributed by atoms with Gasteiger partial charge >= 0.3 is 0 Å². The van der Waals surface area contributed by atoms with E-state index in [-0.39, 0.29) is 17.9 Å². The maximum Gasteiger partial charge on any atom is 0.193 e. The summed E-state index contributed by atoms with van der Waals surface area (Å²) in [7, 11) is 0. The smallest absolute Gasteiger partial charge is 0.193 e. The molecule has 1 atom stereocenters. The Labute approximate surface area is 99.6 Å². The van der Waals surface area contributed by atoms with Crippen LogP contribution in [0.15, 0.2) is 30.2 Å². The van der Waals surface area contributed by atoms with Gasteiger partial charge in [0.15, 0.2) is 5.96 Å². The van der Waals surface area contributed by atoms with Gasteiger partial charge in [-0.15, -0.1) is 0 Å². The van der Waals surface area contributed by atoms with Crippen molar-refractivity contribution in [2.75, 3.05) is 6.50 Å². The molecule has 0 saturated heterocycles. The Morgan fingerprint density at radius 3 is 2.73 bits per heavy atom. The van der Waals surface area contributed by atoms with Gasteiger partial charge in [0, 0.05) is 10.6 Å². The highest BCUT2D eigenvalue weighted by Crippen LogP contribution is 1.97. The van der Waals surface area contributed by atoms with Crippen LogP contribution in [0.1, 0.15) is 22.1 Å². The largest absolute Gasteiger partial charge is 0.356 e. The third-order valence-corrected chi connectivity index (χ3v) is 1.28. The van der Waals surface area contributed by atoms with Gasteiger partial charge in [-0.2, -0.15) is 0 Å². The molecule has 0 aromatic heterocycles. The molecule has 4 nitrogen and oxygen atoms in total. The number of hydrogen-bond donors (Lipinski definition) is 4. The molecule has 0 heterocycles. The summed E-state index contributed by atoms with van der Waals surface area (Å²) in [5.74, 6) is -0.639. The van der Waals surface area contributed by atoms with Crippen LogP contribution in [0.2, 0.25) is 0 Å². The third-order valence-electron chi connectivity index (χ3n) is 1.28. The summed E-state index contributed by atoms with van der Waals surface area (Å²) in [4.78, 5) is 0. The average Bonchev–Trinajstić information content (AvgIpc) is 2.34. The zero-order chi connectivity index (χ0) is 17.2. The molecule has 0 spiro atoms. The lowest BCUT2D eigenvalue weighted by Gasteiger charge is -2.08. The maximum atomic E-state index is 7.94. The minimum atomic E-state index is -2.54. The van der Waals surface area contributed by atoms with Crippen LogP contribution >= 0.6 is 0 Å². The van der Waals surface area contributed by atoms with E-state index in [1.165, 1.54) is 6.92 Å². The molecule has 15 heavy (non-hydrogen) atoms. The van der Waals surface area contributed by atoms with Gasteiger partial charge in [0.2, 0.25) is 0 Å². The van der Waals surface area contributed by atoms with Crippen LogP contribution in [-0.2, 0) is 6.40 Å². The van der Waals surface area contributed by atoms with Gasteiger partial charge < -0.3 is 10.6 Å². The van der Waals surface area contributed by atoms with Gasteiger partial charge in [0.05, 0.1) is 11.3 Å². The van der Waals surface area contributed by atoms with Crippen LogP contribution in [0.5, 0.6) is 0 Å². The van der Waals surface area contributed by atoms with E-state index < -0.39 is 36.5 Å². The molecule has 0 amide bonds. The molecule has 1 rings (SSSR count). The first-order valence-electron chi connectivity index (χ1n) is 7.73. The van der Waals surface area contributed by atoms with E-state index >= 15 is 0 Å². The van der Waals surface area contributed by atoms with Crippen molar-refractivity contribution in [1.82, 2.24) is 10.6 Å². The Bertz CT molecular complexity index is 591. The summed E-state index contributed by atoms with van der Waals surface area (Å²) >= 11 is 0. The van der Waals surface area contributed by atoms with Crippen LogP contribution in [0.25, 0.3) is 0 Å². The van der Waals surface area contributed by atoms with E-state index in [2.05, 4.69) is 10.6 Å². The van der Waals surface area contributed by atoms with Crippen molar-refractivity contribution < 1.29 is 9.60 Å². The fourth-order valence-corrected chi connectivity index (χ4v) is 0.766. The lowest BCUT2D eigenvalue weighted by molar-refractivity contribution is 0.842. The molecule has 4 N–H and O–H groups in total. The zero-order valence-electron chi connectivity index (χ0n) is 15.2. The van der Waals surface area contributed by atoms with Crippen molar-refractivity contribution in [3.8, 4) is 0 Å². The second kappa shape index (κ2) is 5.80. The van der Waals surface area contributed by atoms with Crippen molar-refractivity contribution in [1.29, 1.82) is 10.8 Å². The first-order valence-corrected chi connectivity index (χ1v) is 4.15. The molecule has 1 unspecified atom stereocenters. The lowest BCUT2D eigenvalue weighted by Crippen LogP contribution is -2.39. The highest BCUT2D eigenvalue weighted by molar-refractivity contribution is 5.95. The van der Waals surface area contributed by atoms with Crippen molar-refractivity contribution >= 4 is 11.8 Å². The summed E-state index contributed by atoms with van der Waals surface area (Å²) in [6.07, 6.45) is -1.80. The standard InChI is InChI=1S/C11H16N4/c1-9(12)15-11(13)14-8-7-10-5-3-2-4-6-10/h2-6H,7-8H2,1H3,(H4,12,13,14,15)/i3D,4D,5D,6D,7D,8D2. The van der Waals surface area contributed by atoms with Crippen LogP contribution in [0, 0.1) is 10.8 Å². The number of benzene rings is 1. The van der Waals surface area contributed by atoms with E-state index in [9.17, 15) is 0 Å². The lowest BCUT2D eigenvalue weighted by atomic mass is 10.1. The Kier molecular flexibility index (Phi) is 1.85. The summed E-state index contributed by atoms with van der Waals surface area (Å²) < 4.78 is 54.1. The number of nitrogens with one attached hydrogen (secondary N) is 4. The minimum absolute atomic E-state index is 0.0983. The third kappa shape index (κ3) is 4.81. The first kappa shape index (κ1) is 4.79. The molecule has 0 fully saturated rings. The summed E-state index contributed by atoms with van der Waals surface area (Å²) in [5, 5.41) is 18.9. The van der Waals surface area contributed by atoms with E-state index in [1.54, 1.807) is 0 Å². The zero-order valence-corrected chi connectivity index (χ0v) is 8.15. The van der Waals surface area contributed by atoms with E-state index in [0.717, 1.165) is 6.07 Å². The molecule has 0 bridgehead atoms. The van der Waals surface area contributed by atoms with Gasteiger partial charge in [0.1, 0.15) is 0 Å². The van der Waals surface area contributed by atoms with Gasteiger partial charge in [-0.3, -0.25) is 10.8 Å². The maximum absolute atomic E-state index is 7.94.